The van der Waals surface area contributed by atoms with Crippen molar-refractivity contribution in [1.82, 2.24) is 9.38 Å². The number of benzene rings is 1. The van der Waals surface area contributed by atoms with Crippen LogP contribution in [0.3, 0.4) is 0 Å². The number of Topliss-reactive ketones (excluding diaryl/α,β-unsaturated/α-hetero) is 1. The molecule has 0 unspecified atom stereocenters. The van der Waals surface area contributed by atoms with Gasteiger partial charge in [0.05, 0.1) is 5.69 Å². The Kier molecular flexibility index (Phi) is 3.70. The van der Waals surface area contributed by atoms with Crippen LogP contribution < -0.4 is 5.32 Å². The number of nitrogens with zero attached hydrogens (tertiary/aromatic N) is 2. The van der Waals surface area contributed by atoms with Gasteiger partial charge < -0.3 is 5.32 Å². The van der Waals surface area contributed by atoms with Crippen LogP contribution in [0.25, 0.3) is 5.65 Å². The summed E-state index contributed by atoms with van der Waals surface area (Å²) in [5.74, 6) is -0.229. The molecule has 5 heteroatoms. The molecule has 3 aromatic rings. The number of imidazole rings is 1. The molecule has 0 radical (unpaired) electrons. The summed E-state index contributed by atoms with van der Waals surface area (Å²) in [5.41, 5.74) is 4.24. The summed E-state index contributed by atoms with van der Waals surface area (Å²) in [7, 11) is 0. The molecular weight excluding hydrogens is 290 g/mol. The third kappa shape index (κ3) is 2.85. The molecule has 0 aliphatic rings. The minimum atomic E-state index is -0.226. The van der Waals surface area contributed by atoms with Gasteiger partial charge in [0.1, 0.15) is 11.3 Å². The summed E-state index contributed by atoms with van der Waals surface area (Å²) < 4.78 is 1.80. The van der Waals surface area contributed by atoms with E-state index < -0.39 is 0 Å². The average Bonchev–Trinajstić information content (AvgIpc) is 2.83. The van der Waals surface area contributed by atoms with E-state index in [0.29, 0.717) is 22.6 Å². The summed E-state index contributed by atoms with van der Waals surface area (Å²) in [4.78, 5) is 28.3. The predicted molar refractivity (Wildman–Crippen MR) is 89.1 cm³/mol. The molecule has 1 amide bonds. The number of hydrogen-bond donors (Lipinski definition) is 1. The van der Waals surface area contributed by atoms with E-state index in [0.717, 1.165) is 11.2 Å². The minimum Gasteiger partial charge on any atom is -0.321 e. The van der Waals surface area contributed by atoms with Crippen molar-refractivity contribution in [3.8, 4) is 0 Å². The van der Waals surface area contributed by atoms with Gasteiger partial charge in [0.25, 0.3) is 5.91 Å². The van der Waals surface area contributed by atoms with Crippen LogP contribution in [-0.4, -0.2) is 21.1 Å². The van der Waals surface area contributed by atoms with Crippen molar-refractivity contribution in [1.29, 1.82) is 0 Å². The van der Waals surface area contributed by atoms with E-state index in [9.17, 15) is 9.59 Å². The van der Waals surface area contributed by atoms with Crippen molar-refractivity contribution in [2.75, 3.05) is 5.32 Å². The number of rotatable bonds is 3. The number of fused-ring (bicyclic) bond motifs is 1. The lowest BCUT2D eigenvalue weighted by atomic mass is 10.1. The van der Waals surface area contributed by atoms with Crippen LogP contribution in [0.4, 0.5) is 5.69 Å². The molecule has 0 atom stereocenters. The van der Waals surface area contributed by atoms with E-state index in [4.69, 9.17) is 0 Å². The molecule has 3 rings (SSSR count). The first-order valence-corrected chi connectivity index (χ1v) is 7.33. The largest absolute Gasteiger partial charge is 0.321 e. The van der Waals surface area contributed by atoms with Crippen molar-refractivity contribution in [2.45, 2.75) is 20.8 Å². The second-order valence-corrected chi connectivity index (χ2v) is 5.57. The first-order valence-electron chi connectivity index (χ1n) is 7.33. The van der Waals surface area contributed by atoms with E-state index in [1.165, 1.54) is 6.92 Å². The van der Waals surface area contributed by atoms with Crippen LogP contribution in [-0.2, 0) is 0 Å². The van der Waals surface area contributed by atoms with Crippen molar-refractivity contribution in [2.24, 2.45) is 0 Å². The molecule has 2 aromatic heterocycles. The number of ketones is 1. The predicted octanol–water partition coefficient (Wildman–Crippen LogP) is 3.41. The maximum Gasteiger partial charge on any atom is 0.274 e. The Morgan fingerprint density at radius 2 is 1.74 bits per heavy atom. The zero-order chi connectivity index (χ0) is 16.6. The highest BCUT2D eigenvalue weighted by Gasteiger charge is 2.16. The molecule has 0 aliphatic heterocycles. The normalized spacial score (nSPS) is 10.7. The monoisotopic (exact) mass is 307 g/mol. The number of anilines is 1. The molecular formula is C18H17N3O2. The Labute approximate surface area is 134 Å². The third-order valence-electron chi connectivity index (χ3n) is 3.71. The number of carbonyl (C=O) groups is 2. The summed E-state index contributed by atoms with van der Waals surface area (Å²) in [6.45, 7) is 5.30. The smallest absolute Gasteiger partial charge is 0.274 e. The summed E-state index contributed by atoms with van der Waals surface area (Å²) in [6.07, 6.45) is 1.89. The van der Waals surface area contributed by atoms with Crippen LogP contribution in [0.5, 0.6) is 0 Å². The number of hydrogen-bond acceptors (Lipinski definition) is 3. The molecule has 0 saturated heterocycles. The highest BCUT2D eigenvalue weighted by molar-refractivity contribution is 6.04. The van der Waals surface area contributed by atoms with Gasteiger partial charge in [0.2, 0.25) is 0 Å². The maximum absolute atomic E-state index is 12.6. The summed E-state index contributed by atoms with van der Waals surface area (Å²) in [5, 5.41) is 2.85. The van der Waals surface area contributed by atoms with Crippen molar-refractivity contribution in [3.05, 3.63) is 65.1 Å². The Hall–Kier alpha value is -2.95. The highest BCUT2D eigenvalue weighted by atomic mass is 16.2. The molecule has 2 heterocycles. The van der Waals surface area contributed by atoms with E-state index >= 15 is 0 Å². The molecule has 23 heavy (non-hydrogen) atoms. The van der Waals surface area contributed by atoms with Crippen molar-refractivity contribution >= 4 is 23.0 Å². The number of aryl methyl sites for hydroxylation is 2. The van der Waals surface area contributed by atoms with Gasteiger partial charge in [-0.25, -0.2) is 4.98 Å². The summed E-state index contributed by atoms with van der Waals surface area (Å²) in [6, 6.07) is 10.7. The number of carbonyl (C=O) groups excluding carboxylic acids is 2. The van der Waals surface area contributed by atoms with Crippen LogP contribution in [0.15, 0.2) is 42.6 Å². The molecule has 0 bridgehead atoms. The first-order chi connectivity index (χ1) is 11.0. The Morgan fingerprint density at radius 1 is 1.04 bits per heavy atom. The van der Waals surface area contributed by atoms with Gasteiger partial charge in [0.15, 0.2) is 5.78 Å². The van der Waals surface area contributed by atoms with Gasteiger partial charge in [-0.1, -0.05) is 6.07 Å². The van der Waals surface area contributed by atoms with Crippen LogP contribution >= 0.6 is 0 Å². The molecule has 0 spiro atoms. The van der Waals surface area contributed by atoms with Crippen molar-refractivity contribution < 1.29 is 9.59 Å². The second-order valence-electron chi connectivity index (χ2n) is 5.57. The lowest BCUT2D eigenvalue weighted by Gasteiger charge is -2.07. The van der Waals surface area contributed by atoms with E-state index in [2.05, 4.69) is 10.3 Å². The van der Waals surface area contributed by atoms with Crippen molar-refractivity contribution in [3.63, 3.8) is 0 Å². The first kappa shape index (κ1) is 15.0. The third-order valence-corrected chi connectivity index (χ3v) is 3.71. The van der Waals surface area contributed by atoms with Crippen LogP contribution in [0.2, 0.25) is 0 Å². The molecule has 0 aliphatic carbocycles. The SMILES string of the molecule is CC(=O)c1ccc(NC(=O)c2c(C)nc3ccc(C)cn23)cc1. The van der Waals surface area contributed by atoms with Gasteiger partial charge in [-0.05, 0) is 56.7 Å². The molecule has 0 fully saturated rings. The van der Waals surface area contributed by atoms with Crippen LogP contribution in [0, 0.1) is 13.8 Å². The van der Waals surface area contributed by atoms with E-state index in [1.807, 2.05) is 32.2 Å². The van der Waals surface area contributed by atoms with Gasteiger partial charge in [-0.15, -0.1) is 0 Å². The zero-order valence-corrected chi connectivity index (χ0v) is 13.3. The standard InChI is InChI=1S/C18H17N3O2/c1-11-4-9-16-19-12(2)17(21(16)10-11)18(23)20-15-7-5-14(6-8-15)13(3)22/h4-10H,1-3H3,(H,20,23). The molecule has 116 valence electrons. The quantitative estimate of drug-likeness (QED) is 0.754. The fraction of sp³-hybridized carbons (Fsp3) is 0.167. The number of aromatic nitrogens is 2. The average molecular weight is 307 g/mol. The number of amides is 1. The topological polar surface area (TPSA) is 63.5 Å². The minimum absolute atomic E-state index is 0.00372. The Balaban J connectivity index is 1.93. The molecule has 5 nitrogen and oxygen atoms in total. The maximum atomic E-state index is 12.6. The highest BCUT2D eigenvalue weighted by Crippen LogP contribution is 2.16. The van der Waals surface area contributed by atoms with E-state index in [-0.39, 0.29) is 11.7 Å². The zero-order valence-electron chi connectivity index (χ0n) is 13.3. The lowest BCUT2D eigenvalue weighted by Crippen LogP contribution is -2.15. The van der Waals surface area contributed by atoms with E-state index in [1.54, 1.807) is 28.7 Å². The van der Waals surface area contributed by atoms with Gasteiger partial charge in [-0.2, -0.15) is 0 Å². The number of pyridine rings is 1. The van der Waals surface area contributed by atoms with Gasteiger partial charge in [0, 0.05) is 17.4 Å². The molecule has 1 aromatic carbocycles. The number of nitrogens with one attached hydrogen (secondary N) is 1. The fourth-order valence-electron chi connectivity index (χ4n) is 2.52. The Morgan fingerprint density at radius 3 is 2.39 bits per heavy atom. The Bertz CT molecular complexity index is 908. The molecule has 1 N–H and O–H groups in total. The van der Waals surface area contributed by atoms with Gasteiger partial charge in [-0.3, -0.25) is 14.0 Å². The summed E-state index contributed by atoms with van der Waals surface area (Å²) >= 11 is 0. The van der Waals surface area contributed by atoms with Gasteiger partial charge >= 0.3 is 0 Å². The fourth-order valence-corrected chi connectivity index (χ4v) is 2.52. The second kappa shape index (κ2) is 5.68. The van der Waals surface area contributed by atoms with Crippen LogP contribution in [0.1, 0.15) is 39.0 Å². The molecule has 0 saturated carbocycles. The lowest BCUT2D eigenvalue weighted by molar-refractivity contribution is 0.101.